The van der Waals surface area contributed by atoms with Crippen LogP contribution >= 0.6 is 0 Å². The van der Waals surface area contributed by atoms with Crippen LogP contribution in [0.25, 0.3) is 0 Å². The Morgan fingerprint density at radius 1 is 0.667 bits per heavy atom. The van der Waals surface area contributed by atoms with Gasteiger partial charge in [0.25, 0.3) is 26.0 Å². The van der Waals surface area contributed by atoms with Crippen LogP contribution in [0.1, 0.15) is 10.4 Å². The number of anilines is 3. The monoisotopic (exact) mass is 611 g/mol. The maximum Gasteiger partial charge on any atom is 0.264 e. The van der Waals surface area contributed by atoms with E-state index in [0.29, 0.717) is 28.6 Å². The SMILES string of the molecule is COc1ccc(NS(=O)(=O)c2ccc(NC(=O)c3ccc(N(C)S(=O)(=O)c4ccc(OC)c(OC)c4)cc3)cc2)cc1. The van der Waals surface area contributed by atoms with E-state index in [4.69, 9.17) is 14.2 Å². The molecule has 0 aliphatic rings. The second-order valence-electron chi connectivity index (χ2n) is 8.85. The molecule has 0 atom stereocenters. The van der Waals surface area contributed by atoms with Crippen LogP contribution in [0.4, 0.5) is 17.1 Å². The van der Waals surface area contributed by atoms with Crippen molar-refractivity contribution >= 4 is 43.0 Å². The van der Waals surface area contributed by atoms with Crippen molar-refractivity contribution in [1.29, 1.82) is 0 Å². The van der Waals surface area contributed by atoms with Crippen molar-refractivity contribution in [3.8, 4) is 17.2 Å². The molecule has 0 radical (unpaired) electrons. The van der Waals surface area contributed by atoms with Gasteiger partial charge in [0.15, 0.2) is 11.5 Å². The summed E-state index contributed by atoms with van der Waals surface area (Å²) in [7, 11) is -1.99. The molecule has 0 unspecified atom stereocenters. The largest absolute Gasteiger partial charge is 0.497 e. The molecule has 0 bridgehead atoms. The van der Waals surface area contributed by atoms with Gasteiger partial charge in [0.1, 0.15) is 5.75 Å². The van der Waals surface area contributed by atoms with Gasteiger partial charge in [-0.1, -0.05) is 0 Å². The summed E-state index contributed by atoms with van der Waals surface area (Å²) in [5, 5.41) is 2.70. The average Bonchev–Trinajstić information content (AvgIpc) is 3.00. The molecular weight excluding hydrogens is 582 g/mol. The van der Waals surface area contributed by atoms with Crippen LogP contribution in [0.2, 0.25) is 0 Å². The van der Waals surface area contributed by atoms with E-state index in [9.17, 15) is 21.6 Å². The summed E-state index contributed by atoms with van der Waals surface area (Å²) in [5.41, 5.74) is 1.35. The minimum Gasteiger partial charge on any atom is -0.497 e. The summed E-state index contributed by atoms with van der Waals surface area (Å²) >= 11 is 0. The molecule has 0 spiro atoms. The van der Waals surface area contributed by atoms with Crippen LogP contribution in [-0.2, 0) is 20.0 Å². The number of methoxy groups -OCH3 is 3. The standard InChI is InChI=1S/C29H29N3O8S2/c1-32(42(36,37)26-17-18-27(39-3)28(19-26)40-4)23-11-5-20(6-12-23)29(33)30-21-9-15-25(16-10-21)41(34,35)31-22-7-13-24(38-2)14-8-22/h5-19,31H,1-4H3,(H,30,33). The number of ether oxygens (including phenoxy) is 3. The normalized spacial score (nSPS) is 11.3. The van der Waals surface area contributed by atoms with Crippen molar-refractivity contribution in [1.82, 2.24) is 0 Å². The highest BCUT2D eigenvalue weighted by Gasteiger charge is 2.23. The molecule has 0 heterocycles. The maximum atomic E-state index is 13.2. The number of carbonyl (C=O) groups is 1. The molecule has 0 fully saturated rings. The van der Waals surface area contributed by atoms with E-state index in [1.807, 2.05) is 0 Å². The predicted octanol–water partition coefficient (Wildman–Crippen LogP) is 4.59. The lowest BCUT2D eigenvalue weighted by Crippen LogP contribution is -2.26. The van der Waals surface area contributed by atoms with Crippen LogP contribution in [0.3, 0.4) is 0 Å². The van der Waals surface area contributed by atoms with Gasteiger partial charge in [-0.2, -0.15) is 0 Å². The lowest BCUT2D eigenvalue weighted by Gasteiger charge is -2.20. The molecule has 0 saturated carbocycles. The summed E-state index contributed by atoms with van der Waals surface area (Å²) in [6.07, 6.45) is 0. The van der Waals surface area contributed by atoms with Gasteiger partial charge in [-0.05, 0) is 84.9 Å². The van der Waals surface area contributed by atoms with Gasteiger partial charge >= 0.3 is 0 Å². The summed E-state index contributed by atoms with van der Waals surface area (Å²) < 4.78 is 70.9. The number of amides is 1. The fourth-order valence-corrected chi connectivity index (χ4v) is 6.16. The van der Waals surface area contributed by atoms with E-state index in [1.165, 1.54) is 95.1 Å². The number of nitrogens with zero attached hydrogens (tertiary/aromatic N) is 1. The van der Waals surface area contributed by atoms with E-state index in [1.54, 1.807) is 24.3 Å². The lowest BCUT2D eigenvalue weighted by molar-refractivity contribution is 0.102. The molecule has 11 nitrogen and oxygen atoms in total. The smallest absolute Gasteiger partial charge is 0.264 e. The molecule has 2 N–H and O–H groups in total. The van der Waals surface area contributed by atoms with Crippen molar-refractivity contribution in [2.24, 2.45) is 0 Å². The molecule has 0 aliphatic carbocycles. The van der Waals surface area contributed by atoms with Gasteiger partial charge in [-0.25, -0.2) is 16.8 Å². The topological polar surface area (TPSA) is 140 Å². The van der Waals surface area contributed by atoms with E-state index in [2.05, 4.69) is 10.0 Å². The van der Waals surface area contributed by atoms with Crippen LogP contribution in [-0.4, -0.2) is 51.1 Å². The molecule has 0 saturated heterocycles. The highest BCUT2D eigenvalue weighted by molar-refractivity contribution is 7.93. The molecule has 220 valence electrons. The van der Waals surface area contributed by atoms with Gasteiger partial charge in [-0.3, -0.25) is 13.8 Å². The van der Waals surface area contributed by atoms with E-state index >= 15 is 0 Å². The van der Waals surface area contributed by atoms with Crippen LogP contribution in [0, 0.1) is 0 Å². The Morgan fingerprint density at radius 2 is 1.24 bits per heavy atom. The second-order valence-corrected chi connectivity index (χ2v) is 12.5. The molecule has 42 heavy (non-hydrogen) atoms. The zero-order valence-electron chi connectivity index (χ0n) is 23.2. The molecule has 4 aromatic rings. The Bertz CT molecular complexity index is 1770. The zero-order valence-corrected chi connectivity index (χ0v) is 24.8. The minimum absolute atomic E-state index is 0.00845. The number of nitrogens with one attached hydrogen (secondary N) is 2. The first-order valence-corrected chi connectivity index (χ1v) is 15.3. The third kappa shape index (κ3) is 6.58. The molecular formula is C29H29N3O8S2. The number of benzene rings is 4. The Morgan fingerprint density at radius 3 is 1.81 bits per heavy atom. The van der Waals surface area contributed by atoms with Gasteiger partial charge < -0.3 is 19.5 Å². The van der Waals surface area contributed by atoms with E-state index in [-0.39, 0.29) is 21.1 Å². The number of carbonyl (C=O) groups excluding carboxylic acids is 1. The Hall–Kier alpha value is -4.75. The molecule has 13 heteroatoms. The maximum absolute atomic E-state index is 13.2. The summed E-state index contributed by atoms with van der Waals surface area (Å²) in [6, 6.07) is 22.4. The van der Waals surface area contributed by atoms with Crippen molar-refractivity contribution in [2.75, 3.05) is 42.7 Å². The molecule has 4 rings (SSSR count). The van der Waals surface area contributed by atoms with Gasteiger partial charge in [0.2, 0.25) is 0 Å². The molecule has 0 aromatic heterocycles. The molecule has 0 aliphatic heterocycles. The van der Waals surface area contributed by atoms with Crippen molar-refractivity contribution < 1.29 is 35.8 Å². The summed E-state index contributed by atoms with van der Waals surface area (Å²) in [5.74, 6) is 0.812. The van der Waals surface area contributed by atoms with Crippen LogP contribution in [0.15, 0.2) is 101 Å². The average molecular weight is 612 g/mol. The number of rotatable bonds is 11. The third-order valence-corrected chi connectivity index (χ3v) is 9.45. The van der Waals surface area contributed by atoms with Crippen molar-refractivity contribution in [3.63, 3.8) is 0 Å². The number of hydrogen-bond acceptors (Lipinski definition) is 8. The number of hydrogen-bond donors (Lipinski definition) is 2. The van der Waals surface area contributed by atoms with E-state index in [0.717, 1.165) is 4.31 Å². The fourth-order valence-electron chi connectivity index (χ4n) is 3.89. The van der Waals surface area contributed by atoms with Gasteiger partial charge in [0.05, 0.1) is 36.8 Å². The minimum atomic E-state index is -3.93. The number of sulfonamides is 2. The highest BCUT2D eigenvalue weighted by atomic mass is 32.2. The predicted molar refractivity (Wildman–Crippen MR) is 160 cm³/mol. The van der Waals surface area contributed by atoms with E-state index < -0.39 is 26.0 Å². The van der Waals surface area contributed by atoms with Crippen molar-refractivity contribution in [3.05, 3.63) is 96.6 Å². The quantitative estimate of drug-likeness (QED) is 0.251. The van der Waals surface area contributed by atoms with Gasteiger partial charge in [-0.15, -0.1) is 0 Å². The van der Waals surface area contributed by atoms with Gasteiger partial charge in [0, 0.05) is 30.1 Å². The van der Waals surface area contributed by atoms with Crippen LogP contribution < -0.4 is 28.6 Å². The first kappa shape index (κ1) is 30.2. The fraction of sp³-hybridized carbons (Fsp3) is 0.138. The Labute approximate surface area is 244 Å². The third-order valence-electron chi connectivity index (χ3n) is 6.27. The zero-order chi connectivity index (χ0) is 30.5. The molecule has 4 aromatic carbocycles. The highest BCUT2D eigenvalue weighted by Crippen LogP contribution is 2.32. The van der Waals surface area contributed by atoms with Crippen LogP contribution in [0.5, 0.6) is 17.2 Å². The van der Waals surface area contributed by atoms with Crippen molar-refractivity contribution in [2.45, 2.75) is 9.79 Å². The first-order valence-electron chi connectivity index (χ1n) is 12.4. The molecule has 1 amide bonds. The summed E-state index contributed by atoms with van der Waals surface area (Å²) in [6.45, 7) is 0. The second kappa shape index (κ2) is 12.4. The Kier molecular flexibility index (Phi) is 8.93. The lowest BCUT2D eigenvalue weighted by atomic mass is 10.2. The summed E-state index contributed by atoms with van der Waals surface area (Å²) in [4.78, 5) is 12.8. The Balaban J connectivity index is 1.42. The first-order chi connectivity index (χ1) is 20.0.